The molecular weight excluding hydrogens is 186 g/mol. The third-order valence-corrected chi connectivity index (χ3v) is 2.24. The fraction of sp³-hybridized carbons (Fsp3) is 1.00. The van der Waals surface area contributed by atoms with Crippen LogP contribution in [0.5, 0.6) is 0 Å². The van der Waals surface area contributed by atoms with Crippen LogP contribution in [0.2, 0.25) is 0 Å². The van der Waals surface area contributed by atoms with Crippen LogP contribution in [0.4, 0.5) is 0 Å². The van der Waals surface area contributed by atoms with Crippen LogP contribution < -0.4 is 5.73 Å². The molecule has 4 N–H and O–H groups in total. The number of hydrogen-bond donors (Lipinski definition) is 3. The van der Waals surface area contributed by atoms with Crippen molar-refractivity contribution in [3.8, 4) is 0 Å². The Morgan fingerprint density at radius 2 is 2.21 bits per heavy atom. The Balaban J connectivity index is 2.33. The molecule has 0 radical (unpaired) electrons. The summed E-state index contributed by atoms with van der Waals surface area (Å²) in [6.45, 7) is 2.83. The van der Waals surface area contributed by atoms with E-state index in [9.17, 15) is 10.2 Å². The van der Waals surface area contributed by atoms with E-state index in [1.807, 2.05) is 6.92 Å². The summed E-state index contributed by atoms with van der Waals surface area (Å²) in [5.74, 6) is 0. The first kappa shape index (κ1) is 11.9. The summed E-state index contributed by atoms with van der Waals surface area (Å²) in [5.41, 5.74) is 5.30. The fourth-order valence-electron chi connectivity index (χ4n) is 1.45. The number of ether oxygens (including phenoxy) is 2. The summed E-state index contributed by atoms with van der Waals surface area (Å²) in [6.07, 6.45) is -1.36. The average Bonchev–Trinajstić information content (AvgIpc) is 2.13. The van der Waals surface area contributed by atoms with E-state index in [4.69, 9.17) is 15.2 Å². The van der Waals surface area contributed by atoms with E-state index >= 15 is 0 Å². The van der Waals surface area contributed by atoms with Crippen molar-refractivity contribution in [3.05, 3.63) is 0 Å². The van der Waals surface area contributed by atoms with Gasteiger partial charge in [-0.3, -0.25) is 0 Å². The first-order valence-corrected chi connectivity index (χ1v) is 4.98. The predicted molar refractivity (Wildman–Crippen MR) is 50.6 cm³/mol. The Hall–Kier alpha value is -0.200. The van der Waals surface area contributed by atoms with Crippen molar-refractivity contribution in [1.29, 1.82) is 0 Å². The van der Waals surface area contributed by atoms with Gasteiger partial charge in [0, 0.05) is 6.42 Å². The summed E-state index contributed by atoms with van der Waals surface area (Å²) >= 11 is 0. The third kappa shape index (κ3) is 3.18. The molecule has 0 saturated carbocycles. The highest BCUT2D eigenvalue weighted by Crippen LogP contribution is 2.20. The molecule has 4 unspecified atom stereocenters. The van der Waals surface area contributed by atoms with Gasteiger partial charge in [0.25, 0.3) is 0 Å². The number of hydrogen-bond acceptors (Lipinski definition) is 5. The van der Waals surface area contributed by atoms with Gasteiger partial charge in [-0.2, -0.15) is 0 Å². The molecule has 1 rings (SSSR count). The molecule has 14 heavy (non-hydrogen) atoms. The monoisotopic (exact) mass is 205 g/mol. The van der Waals surface area contributed by atoms with Crippen molar-refractivity contribution in [3.63, 3.8) is 0 Å². The van der Waals surface area contributed by atoms with E-state index in [1.165, 1.54) is 0 Å². The van der Waals surface area contributed by atoms with Crippen LogP contribution in [-0.4, -0.2) is 48.0 Å². The second-order valence-corrected chi connectivity index (χ2v) is 3.62. The quantitative estimate of drug-likeness (QED) is 0.524. The van der Waals surface area contributed by atoms with Crippen LogP contribution in [0.1, 0.15) is 19.8 Å². The lowest BCUT2D eigenvalue weighted by atomic mass is 10.0. The Labute approximate surface area is 83.8 Å². The second kappa shape index (κ2) is 5.63. The third-order valence-electron chi connectivity index (χ3n) is 2.24. The summed E-state index contributed by atoms with van der Waals surface area (Å²) in [5, 5.41) is 19.0. The molecular formula is C9H19NO4. The van der Waals surface area contributed by atoms with E-state index in [0.29, 0.717) is 19.6 Å². The molecule has 0 aromatic carbocycles. The first-order valence-electron chi connectivity index (χ1n) is 4.98. The summed E-state index contributed by atoms with van der Waals surface area (Å²) in [6, 6.07) is 0. The van der Waals surface area contributed by atoms with Gasteiger partial charge in [0.1, 0.15) is 6.10 Å². The molecule has 1 fully saturated rings. The SMILES string of the molecule is CC1CC(O)C(O)C(OCCCN)O1. The number of aliphatic hydroxyl groups excluding tert-OH is 2. The van der Waals surface area contributed by atoms with Gasteiger partial charge in [-0.05, 0) is 19.9 Å². The van der Waals surface area contributed by atoms with Gasteiger partial charge in [0.2, 0.25) is 0 Å². The minimum atomic E-state index is -0.955. The van der Waals surface area contributed by atoms with Crippen molar-refractivity contribution < 1.29 is 19.7 Å². The van der Waals surface area contributed by atoms with Crippen LogP contribution in [0.3, 0.4) is 0 Å². The molecule has 5 nitrogen and oxygen atoms in total. The van der Waals surface area contributed by atoms with E-state index < -0.39 is 18.5 Å². The molecule has 0 aromatic heterocycles. The molecule has 0 aliphatic carbocycles. The smallest absolute Gasteiger partial charge is 0.186 e. The van der Waals surface area contributed by atoms with Crippen molar-refractivity contribution in [2.75, 3.05) is 13.2 Å². The number of nitrogens with two attached hydrogens (primary N) is 1. The molecule has 0 spiro atoms. The maximum Gasteiger partial charge on any atom is 0.186 e. The highest BCUT2D eigenvalue weighted by molar-refractivity contribution is 4.79. The zero-order valence-electron chi connectivity index (χ0n) is 8.43. The van der Waals surface area contributed by atoms with Gasteiger partial charge < -0.3 is 25.4 Å². The van der Waals surface area contributed by atoms with Crippen LogP contribution >= 0.6 is 0 Å². The lowest BCUT2D eigenvalue weighted by Crippen LogP contribution is -2.48. The van der Waals surface area contributed by atoms with Crippen LogP contribution in [0, 0.1) is 0 Å². The van der Waals surface area contributed by atoms with Gasteiger partial charge in [-0.15, -0.1) is 0 Å². The topological polar surface area (TPSA) is 84.9 Å². The second-order valence-electron chi connectivity index (χ2n) is 3.62. The van der Waals surface area contributed by atoms with E-state index in [-0.39, 0.29) is 6.10 Å². The minimum absolute atomic E-state index is 0.0868. The molecule has 0 aromatic rings. The fourth-order valence-corrected chi connectivity index (χ4v) is 1.45. The average molecular weight is 205 g/mol. The summed E-state index contributed by atoms with van der Waals surface area (Å²) in [7, 11) is 0. The van der Waals surface area contributed by atoms with E-state index in [1.54, 1.807) is 0 Å². The number of aliphatic hydroxyl groups is 2. The molecule has 0 bridgehead atoms. The maximum absolute atomic E-state index is 9.52. The van der Waals surface area contributed by atoms with Crippen molar-refractivity contribution in [2.24, 2.45) is 5.73 Å². The zero-order chi connectivity index (χ0) is 10.6. The van der Waals surface area contributed by atoms with Gasteiger partial charge in [0.05, 0.1) is 18.8 Å². The van der Waals surface area contributed by atoms with Gasteiger partial charge in [-0.25, -0.2) is 0 Å². The summed E-state index contributed by atoms with van der Waals surface area (Å²) < 4.78 is 10.6. The maximum atomic E-state index is 9.52. The highest BCUT2D eigenvalue weighted by Gasteiger charge is 2.35. The zero-order valence-corrected chi connectivity index (χ0v) is 8.43. The molecule has 1 aliphatic heterocycles. The van der Waals surface area contributed by atoms with Crippen molar-refractivity contribution in [1.82, 2.24) is 0 Å². The Morgan fingerprint density at radius 3 is 2.86 bits per heavy atom. The largest absolute Gasteiger partial charge is 0.390 e. The molecule has 1 heterocycles. The molecule has 5 heteroatoms. The minimum Gasteiger partial charge on any atom is -0.390 e. The standard InChI is InChI=1S/C9H19NO4/c1-6-5-7(11)8(12)9(14-6)13-4-2-3-10/h6-9,11-12H,2-5,10H2,1H3. The van der Waals surface area contributed by atoms with E-state index in [2.05, 4.69) is 0 Å². The van der Waals surface area contributed by atoms with Gasteiger partial charge in [0.15, 0.2) is 6.29 Å². The predicted octanol–water partition coefficient (Wildman–Crippen LogP) is -0.791. The van der Waals surface area contributed by atoms with E-state index in [0.717, 1.165) is 6.42 Å². The van der Waals surface area contributed by atoms with Crippen LogP contribution in [0.15, 0.2) is 0 Å². The molecule has 1 aliphatic rings. The lowest BCUT2D eigenvalue weighted by molar-refractivity contribution is -0.263. The number of rotatable bonds is 4. The first-order chi connectivity index (χ1) is 6.65. The summed E-state index contributed by atoms with van der Waals surface area (Å²) in [4.78, 5) is 0. The normalized spacial score (nSPS) is 38.6. The Bertz CT molecular complexity index is 167. The van der Waals surface area contributed by atoms with Gasteiger partial charge in [-0.1, -0.05) is 0 Å². The molecule has 4 atom stereocenters. The molecule has 84 valence electrons. The van der Waals surface area contributed by atoms with Crippen molar-refractivity contribution in [2.45, 2.75) is 44.4 Å². The van der Waals surface area contributed by atoms with Crippen LogP contribution in [0.25, 0.3) is 0 Å². The lowest BCUT2D eigenvalue weighted by Gasteiger charge is -2.35. The highest BCUT2D eigenvalue weighted by atomic mass is 16.7. The van der Waals surface area contributed by atoms with Gasteiger partial charge >= 0.3 is 0 Å². The van der Waals surface area contributed by atoms with Crippen molar-refractivity contribution >= 4 is 0 Å². The Kier molecular flexibility index (Phi) is 4.77. The molecule has 0 amide bonds. The van der Waals surface area contributed by atoms with Crippen LogP contribution in [-0.2, 0) is 9.47 Å². The Morgan fingerprint density at radius 1 is 1.50 bits per heavy atom. The molecule has 1 saturated heterocycles.